The maximum atomic E-state index is 11.6. The molecule has 0 aliphatic carbocycles. The average molecular weight is 255 g/mol. The summed E-state index contributed by atoms with van der Waals surface area (Å²) in [6.45, 7) is 6.66. The summed E-state index contributed by atoms with van der Waals surface area (Å²) in [5.41, 5.74) is -0.477. The van der Waals surface area contributed by atoms with Crippen molar-refractivity contribution in [2.24, 2.45) is 5.41 Å². The molecule has 3 nitrogen and oxygen atoms in total. The molecule has 96 valence electrons. The number of hydrogen-bond donors (Lipinski definition) is 0. The fourth-order valence-corrected chi connectivity index (χ4v) is 2.70. The second kappa shape index (κ2) is 5.65. The third kappa shape index (κ3) is 3.54. The number of carbonyl (C=O) groups excluding carboxylic acids is 1. The maximum absolute atomic E-state index is 11.6. The molecular formula is C13H21NO2S. The lowest BCUT2D eigenvalue weighted by Gasteiger charge is -2.31. The van der Waals surface area contributed by atoms with Crippen molar-refractivity contribution in [1.29, 1.82) is 0 Å². The Morgan fingerprint density at radius 2 is 2.24 bits per heavy atom. The van der Waals surface area contributed by atoms with Gasteiger partial charge in [0.05, 0.1) is 12.5 Å². The molecule has 4 heteroatoms. The predicted octanol–water partition coefficient (Wildman–Crippen LogP) is 2.94. The van der Waals surface area contributed by atoms with Crippen molar-refractivity contribution in [3.63, 3.8) is 0 Å². The topological polar surface area (TPSA) is 29.5 Å². The lowest BCUT2D eigenvalue weighted by Crippen LogP contribution is -2.39. The largest absolute Gasteiger partial charge is 0.469 e. The van der Waals surface area contributed by atoms with E-state index in [1.807, 2.05) is 20.9 Å². The van der Waals surface area contributed by atoms with Crippen LogP contribution >= 0.6 is 11.3 Å². The van der Waals surface area contributed by atoms with Gasteiger partial charge in [-0.2, -0.15) is 0 Å². The molecule has 0 amide bonds. The van der Waals surface area contributed by atoms with Gasteiger partial charge in [0.25, 0.3) is 0 Å². The molecule has 0 aliphatic rings. The van der Waals surface area contributed by atoms with Crippen LogP contribution in [0.15, 0.2) is 17.5 Å². The molecule has 1 aromatic rings. The summed E-state index contributed by atoms with van der Waals surface area (Å²) in [6.07, 6.45) is 0. The predicted molar refractivity (Wildman–Crippen MR) is 71.2 cm³/mol. The zero-order chi connectivity index (χ0) is 13.1. The van der Waals surface area contributed by atoms with Crippen molar-refractivity contribution < 1.29 is 9.53 Å². The second-order valence-corrected chi connectivity index (χ2v) is 5.96. The van der Waals surface area contributed by atoms with E-state index in [4.69, 9.17) is 4.74 Å². The summed E-state index contributed by atoms with van der Waals surface area (Å²) in [7, 11) is 3.47. The quantitative estimate of drug-likeness (QED) is 0.758. The third-order valence-corrected chi connectivity index (χ3v) is 4.04. The Morgan fingerprint density at radius 1 is 1.59 bits per heavy atom. The normalized spacial score (nSPS) is 13.8. The van der Waals surface area contributed by atoms with Crippen molar-refractivity contribution in [2.45, 2.75) is 26.8 Å². The summed E-state index contributed by atoms with van der Waals surface area (Å²) in [6, 6.07) is 4.49. The zero-order valence-corrected chi connectivity index (χ0v) is 12.0. The number of carbonyl (C=O) groups is 1. The Morgan fingerprint density at radius 3 is 2.71 bits per heavy atom. The summed E-state index contributed by atoms with van der Waals surface area (Å²) in [5, 5.41) is 2.07. The molecule has 0 saturated heterocycles. The standard InChI is InChI=1S/C13H21NO2S/c1-10(11-7-6-8-17-11)14(4)9-13(2,3)12(15)16-5/h6-8,10H,9H2,1-5H3. The molecule has 1 aromatic heterocycles. The SMILES string of the molecule is COC(=O)C(C)(C)CN(C)C(C)c1cccs1. The van der Waals surface area contributed by atoms with Gasteiger partial charge < -0.3 is 4.74 Å². The molecule has 0 aromatic carbocycles. The number of rotatable bonds is 5. The molecule has 0 radical (unpaired) electrons. The van der Waals surface area contributed by atoms with E-state index in [1.165, 1.54) is 12.0 Å². The van der Waals surface area contributed by atoms with E-state index in [2.05, 4.69) is 29.3 Å². The Balaban J connectivity index is 2.66. The molecule has 0 aliphatic heterocycles. The number of esters is 1. The number of hydrogen-bond acceptors (Lipinski definition) is 4. The Hall–Kier alpha value is -0.870. The summed E-state index contributed by atoms with van der Waals surface area (Å²) in [4.78, 5) is 15.1. The molecule has 1 rings (SSSR count). The molecule has 17 heavy (non-hydrogen) atoms. The lowest BCUT2D eigenvalue weighted by molar-refractivity contribution is -0.151. The number of thiophene rings is 1. The van der Waals surface area contributed by atoms with Gasteiger partial charge in [-0.1, -0.05) is 6.07 Å². The van der Waals surface area contributed by atoms with E-state index in [-0.39, 0.29) is 5.97 Å². The van der Waals surface area contributed by atoms with Gasteiger partial charge in [0.15, 0.2) is 0 Å². The van der Waals surface area contributed by atoms with Crippen LogP contribution in [0.5, 0.6) is 0 Å². The van der Waals surface area contributed by atoms with Crippen molar-refractivity contribution >= 4 is 17.3 Å². The minimum absolute atomic E-state index is 0.164. The minimum atomic E-state index is -0.477. The Kier molecular flexibility index (Phi) is 4.71. The van der Waals surface area contributed by atoms with Gasteiger partial charge in [0.2, 0.25) is 0 Å². The van der Waals surface area contributed by atoms with Gasteiger partial charge in [0, 0.05) is 17.5 Å². The van der Waals surface area contributed by atoms with Crippen molar-refractivity contribution in [3.8, 4) is 0 Å². The van der Waals surface area contributed by atoms with Crippen LogP contribution in [0.1, 0.15) is 31.7 Å². The first-order chi connectivity index (χ1) is 7.88. The van der Waals surface area contributed by atoms with Gasteiger partial charge in [-0.25, -0.2) is 0 Å². The average Bonchev–Trinajstić information content (AvgIpc) is 2.79. The molecule has 0 saturated carbocycles. The van der Waals surface area contributed by atoms with Crippen LogP contribution in [0.3, 0.4) is 0 Å². The highest BCUT2D eigenvalue weighted by Gasteiger charge is 2.31. The van der Waals surface area contributed by atoms with Crippen LogP contribution in [0.2, 0.25) is 0 Å². The first-order valence-electron chi connectivity index (χ1n) is 5.70. The van der Waals surface area contributed by atoms with Crippen LogP contribution in [-0.4, -0.2) is 31.6 Å². The number of methoxy groups -OCH3 is 1. The van der Waals surface area contributed by atoms with Crippen LogP contribution in [0, 0.1) is 5.41 Å². The van der Waals surface area contributed by atoms with Crippen LogP contribution < -0.4 is 0 Å². The molecular weight excluding hydrogens is 234 g/mol. The Labute approximate surface area is 107 Å². The van der Waals surface area contributed by atoms with E-state index in [1.54, 1.807) is 11.3 Å². The van der Waals surface area contributed by atoms with Crippen molar-refractivity contribution in [1.82, 2.24) is 4.90 Å². The van der Waals surface area contributed by atoms with E-state index < -0.39 is 5.41 Å². The Bertz CT molecular complexity index is 360. The molecule has 0 bridgehead atoms. The third-order valence-electron chi connectivity index (χ3n) is 3.00. The first-order valence-corrected chi connectivity index (χ1v) is 6.58. The van der Waals surface area contributed by atoms with Crippen molar-refractivity contribution in [3.05, 3.63) is 22.4 Å². The molecule has 0 N–H and O–H groups in total. The van der Waals surface area contributed by atoms with Gasteiger partial charge in [-0.05, 0) is 39.3 Å². The molecule has 0 fully saturated rings. The van der Waals surface area contributed by atoms with Crippen LogP contribution in [0.25, 0.3) is 0 Å². The van der Waals surface area contributed by atoms with Crippen molar-refractivity contribution in [2.75, 3.05) is 20.7 Å². The zero-order valence-electron chi connectivity index (χ0n) is 11.2. The maximum Gasteiger partial charge on any atom is 0.312 e. The van der Waals surface area contributed by atoms with Gasteiger partial charge >= 0.3 is 5.97 Å². The summed E-state index contributed by atoms with van der Waals surface area (Å²) >= 11 is 1.74. The molecule has 1 heterocycles. The molecule has 1 atom stereocenters. The van der Waals surface area contributed by atoms with Gasteiger partial charge in [-0.3, -0.25) is 9.69 Å². The monoisotopic (exact) mass is 255 g/mol. The summed E-state index contributed by atoms with van der Waals surface area (Å²) in [5.74, 6) is -0.164. The van der Waals surface area contributed by atoms with E-state index >= 15 is 0 Å². The number of ether oxygens (including phenoxy) is 1. The van der Waals surface area contributed by atoms with E-state index in [9.17, 15) is 4.79 Å². The fourth-order valence-electron chi connectivity index (χ4n) is 1.85. The highest BCUT2D eigenvalue weighted by Crippen LogP contribution is 2.27. The smallest absolute Gasteiger partial charge is 0.312 e. The fraction of sp³-hybridized carbons (Fsp3) is 0.615. The highest BCUT2D eigenvalue weighted by atomic mass is 32.1. The van der Waals surface area contributed by atoms with E-state index in [0.29, 0.717) is 12.6 Å². The summed E-state index contributed by atoms with van der Waals surface area (Å²) < 4.78 is 4.82. The van der Waals surface area contributed by atoms with Crippen LogP contribution in [-0.2, 0) is 9.53 Å². The highest BCUT2D eigenvalue weighted by molar-refractivity contribution is 7.10. The van der Waals surface area contributed by atoms with Gasteiger partial charge in [0.1, 0.15) is 0 Å². The first kappa shape index (κ1) is 14.2. The number of nitrogens with zero attached hydrogens (tertiary/aromatic N) is 1. The van der Waals surface area contributed by atoms with E-state index in [0.717, 1.165) is 0 Å². The molecule has 1 unspecified atom stereocenters. The molecule has 0 spiro atoms. The van der Waals surface area contributed by atoms with Gasteiger partial charge in [-0.15, -0.1) is 11.3 Å². The second-order valence-electron chi connectivity index (χ2n) is 4.98. The minimum Gasteiger partial charge on any atom is -0.469 e. The lowest BCUT2D eigenvalue weighted by atomic mass is 9.92. The van der Waals surface area contributed by atoms with Crippen LogP contribution in [0.4, 0.5) is 0 Å².